The molecule has 2 rings (SSSR count). The van der Waals surface area contributed by atoms with Gasteiger partial charge in [0.15, 0.2) is 6.54 Å². The second kappa shape index (κ2) is 8.09. The molecule has 0 bridgehead atoms. The highest BCUT2D eigenvalue weighted by Gasteiger charge is 2.20. The number of hydrogen-bond acceptors (Lipinski definition) is 4. The summed E-state index contributed by atoms with van der Waals surface area (Å²) in [5, 5.41) is 1.02. The maximum Gasteiger partial charge on any atom is 0.266 e. The van der Waals surface area contributed by atoms with Crippen LogP contribution in [0, 0.1) is 6.92 Å². The minimum Gasteiger partial charge on any atom is -0.498 e. The summed E-state index contributed by atoms with van der Waals surface area (Å²) >= 11 is 1.65. The molecule has 0 saturated carbocycles. The van der Waals surface area contributed by atoms with Crippen molar-refractivity contribution >= 4 is 37.7 Å². The van der Waals surface area contributed by atoms with Crippen LogP contribution in [0.4, 0.5) is 0 Å². The van der Waals surface area contributed by atoms with Crippen LogP contribution in [0.3, 0.4) is 0 Å². The topological polar surface area (TPSA) is 67.5 Å². The zero-order chi connectivity index (χ0) is 17.7. The summed E-state index contributed by atoms with van der Waals surface area (Å²) in [5.74, 6) is 0.669. The van der Waals surface area contributed by atoms with Gasteiger partial charge in [-0.1, -0.05) is 24.3 Å². The number of fused-ring (bicyclic) bond motifs is 1. The van der Waals surface area contributed by atoms with Gasteiger partial charge in [-0.3, -0.25) is 4.55 Å². The summed E-state index contributed by atoms with van der Waals surface area (Å²) in [6.07, 6.45) is 3.18. The molecule has 5 nitrogen and oxygen atoms in total. The largest absolute Gasteiger partial charge is 0.498 e. The fraction of sp³-hybridized carbons (Fsp3) is 0.471. The SMILES string of the molecule is CCOC(=Cc1sc2ccc(C)cc2[n+]1CCCS(=O)(=O)O)CC. The molecule has 1 heterocycles. The van der Waals surface area contributed by atoms with Crippen molar-refractivity contribution in [3.63, 3.8) is 0 Å². The molecule has 0 radical (unpaired) electrons. The van der Waals surface area contributed by atoms with Gasteiger partial charge in [0.05, 0.1) is 18.4 Å². The molecule has 24 heavy (non-hydrogen) atoms. The number of aromatic nitrogens is 1. The second-order valence-corrected chi connectivity index (χ2v) is 8.23. The quantitative estimate of drug-likeness (QED) is 0.438. The minimum absolute atomic E-state index is 0.238. The van der Waals surface area contributed by atoms with Crippen LogP contribution in [0.1, 0.15) is 37.3 Å². The average molecular weight is 371 g/mol. The molecule has 0 aliphatic carbocycles. The summed E-state index contributed by atoms with van der Waals surface area (Å²) in [5.41, 5.74) is 2.23. The standard InChI is InChI=1S/C17H23NO4S2/c1-4-14(22-5-2)12-17-18(9-6-10-24(19,20)21)15-11-13(3)7-8-16(15)23-17/h7-8,11-12H,4-6,9-10H2,1-3H3/p+1. The molecule has 0 aliphatic heterocycles. The van der Waals surface area contributed by atoms with Crippen molar-refractivity contribution in [1.82, 2.24) is 0 Å². The number of ether oxygens (including phenoxy) is 1. The Kier molecular flexibility index (Phi) is 6.37. The predicted molar refractivity (Wildman–Crippen MR) is 97.7 cm³/mol. The maximum absolute atomic E-state index is 11.0. The Morgan fingerprint density at radius 3 is 2.75 bits per heavy atom. The summed E-state index contributed by atoms with van der Waals surface area (Å²) in [6, 6.07) is 6.25. The van der Waals surface area contributed by atoms with Crippen molar-refractivity contribution in [3.8, 4) is 0 Å². The van der Waals surface area contributed by atoms with E-state index in [1.165, 1.54) is 0 Å². The van der Waals surface area contributed by atoms with Crippen molar-refractivity contribution in [3.05, 3.63) is 34.5 Å². The van der Waals surface area contributed by atoms with Gasteiger partial charge in [-0.15, -0.1) is 0 Å². The van der Waals surface area contributed by atoms with Gasteiger partial charge in [0.1, 0.15) is 10.5 Å². The van der Waals surface area contributed by atoms with Crippen molar-refractivity contribution in [2.45, 2.75) is 40.2 Å². The Labute approximate surface area is 147 Å². The van der Waals surface area contributed by atoms with Gasteiger partial charge in [-0.2, -0.15) is 13.0 Å². The average Bonchev–Trinajstić information content (AvgIpc) is 2.83. The molecule has 0 unspecified atom stereocenters. The van der Waals surface area contributed by atoms with Gasteiger partial charge in [0.25, 0.3) is 15.1 Å². The van der Waals surface area contributed by atoms with Gasteiger partial charge >= 0.3 is 0 Å². The lowest BCUT2D eigenvalue weighted by molar-refractivity contribution is -0.668. The van der Waals surface area contributed by atoms with Crippen LogP contribution in [-0.2, 0) is 21.4 Å². The molecule has 0 atom stereocenters. The first-order valence-corrected chi connectivity index (χ1v) is 10.5. The Balaban J connectivity index is 2.43. The summed E-state index contributed by atoms with van der Waals surface area (Å²) in [6.45, 7) is 7.18. The van der Waals surface area contributed by atoms with Crippen molar-refractivity contribution in [2.75, 3.05) is 12.4 Å². The molecule has 1 N–H and O–H groups in total. The Morgan fingerprint density at radius 2 is 2.12 bits per heavy atom. The third kappa shape index (κ3) is 5.03. The second-order valence-electron chi connectivity index (χ2n) is 5.60. The van der Waals surface area contributed by atoms with Crippen LogP contribution in [0.15, 0.2) is 24.0 Å². The van der Waals surface area contributed by atoms with E-state index in [0.717, 1.165) is 33.0 Å². The minimum atomic E-state index is -3.94. The van der Waals surface area contributed by atoms with Gasteiger partial charge in [0.2, 0.25) is 5.52 Å². The Hall–Kier alpha value is -1.44. The molecule has 1 aromatic carbocycles. The van der Waals surface area contributed by atoms with Gasteiger partial charge in [-0.05, 0) is 25.5 Å². The summed E-state index contributed by atoms with van der Waals surface area (Å²) in [7, 11) is -3.94. The first-order valence-electron chi connectivity index (χ1n) is 8.05. The summed E-state index contributed by atoms with van der Waals surface area (Å²) in [4.78, 5) is 0. The molecule has 2 aromatic rings. The molecule has 7 heteroatoms. The number of benzene rings is 1. The third-order valence-electron chi connectivity index (χ3n) is 3.63. The molecule has 0 amide bonds. The van der Waals surface area contributed by atoms with Gasteiger partial charge in [-0.25, -0.2) is 0 Å². The van der Waals surface area contributed by atoms with E-state index in [2.05, 4.69) is 22.8 Å². The summed E-state index contributed by atoms with van der Waals surface area (Å²) < 4.78 is 39.8. The van der Waals surface area contributed by atoms with Crippen LogP contribution in [0.5, 0.6) is 0 Å². The number of aryl methyl sites for hydroxylation is 2. The first kappa shape index (κ1) is 18.9. The van der Waals surface area contributed by atoms with E-state index >= 15 is 0 Å². The lowest BCUT2D eigenvalue weighted by Gasteiger charge is -2.04. The number of nitrogens with zero attached hydrogens (tertiary/aromatic N) is 1. The molecular formula is C17H24NO4S2+. The van der Waals surface area contributed by atoms with E-state index in [1.54, 1.807) is 11.3 Å². The van der Waals surface area contributed by atoms with Gasteiger partial charge < -0.3 is 4.74 Å². The molecule has 0 saturated heterocycles. The number of hydrogen-bond donors (Lipinski definition) is 1. The molecular weight excluding hydrogens is 346 g/mol. The van der Waals surface area contributed by atoms with Gasteiger partial charge in [0, 0.05) is 18.9 Å². The van der Waals surface area contributed by atoms with E-state index in [9.17, 15) is 8.42 Å². The fourth-order valence-electron chi connectivity index (χ4n) is 2.52. The van der Waals surface area contributed by atoms with Crippen LogP contribution < -0.4 is 4.57 Å². The maximum atomic E-state index is 11.0. The van der Waals surface area contributed by atoms with E-state index in [-0.39, 0.29) is 5.75 Å². The number of allylic oxidation sites excluding steroid dienone is 1. The van der Waals surface area contributed by atoms with E-state index in [4.69, 9.17) is 9.29 Å². The number of thiazole rings is 1. The molecule has 0 spiro atoms. The first-order chi connectivity index (χ1) is 11.3. The third-order valence-corrected chi connectivity index (χ3v) is 5.55. The Bertz CT molecular complexity index is 838. The zero-order valence-electron chi connectivity index (χ0n) is 14.3. The zero-order valence-corrected chi connectivity index (χ0v) is 15.9. The highest BCUT2D eigenvalue weighted by molar-refractivity contribution is 7.85. The highest BCUT2D eigenvalue weighted by Crippen LogP contribution is 2.24. The Morgan fingerprint density at radius 1 is 1.38 bits per heavy atom. The molecule has 0 fully saturated rings. The normalized spacial score (nSPS) is 12.8. The van der Waals surface area contributed by atoms with Crippen LogP contribution in [0.25, 0.3) is 16.3 Å². The fourth-order valence-corrected chi connectivity index (χ4v) is 4.14. The molecule has 0 aliphatic rings. The van der Waals surface area contributed by atoms with E-state index in [1.807, 2.05) is 26.8 Å². The van der Waals surface area contributed by atoms with Crippen LogP contribution in [0.2, 0.25) is 0 Å². The van der Waals surface area contributed by atoms with E-state index < -0.39 is 10.1 Å². The van der Waals surface area contributed by atoms with Crippen molar-refractivity contribution in [2.24, 2.45) is 0 Å². The molecule has 132 valence electrons. The highest BCUT2D eigenvalue weighted by atomic mass is 32.2. The van der Waals surface area contributed by atoms with Crippen molar-refractivity contribution in [1.29, 1.82) is 0 Å². The monoisotopic (exact) mass is 370 g/mol. The number of rotatable bonds is 8. The predicted octanol–water partition coefficient (Wildman–Crippen LogP) is 3.56. The van der Waals surface area contributed by atoms with Crippen LogP contribution in [-0.4, -0.2) is 25.3 Å². The smallest absolute Gasteiger partial charge is 0.266 e. The van der Waals surface area contributed by atoms with Crippen molar-refractivity contribution < 1.29 is 22.3 Å². The molecule has 1 aromatic heterocycles. The van der Waals surface area contributed by atoms with Crippen LogP contribution >= 0.6 is 11.3 Å². The lowest BCUT2D eigenvalue weighted by atomic mass is 10.2. The van der Waals surface area contributed by atoms with E-state index in [0.29, 0.717) is 19.6 Å². The lowest BCUT2D eigenvalue weighted by Crippen LogP contribution is -2.36.